The van der Waals surface area contributed by atoms with Crippen LogP contribution in [0.5, 0.6) is 0 Å². The molecule has 1 aliphatic rings. The fourth-order valence-electron chi connectivity index (χ4n) is 2.73. The van der Waals surface area contributed by atoms with Gasteiger partial charge in [0, 0.05) is 10.0 Å². The number of nitrogens with two attached hydrogens (primary N) is 1. The Morgan fingerprint density at radius 1 is 1.47 bits per heavy atom. The zero-order valence-electron chi connectivity index (χ0n) is 10.2. The average molecular weight is 300 g/mol. The summed E-state index contributed by atoms with van der Waals surface area (Å²) in [5, 5.41) is 0. The van der Waals surface area contributed by atoms with Crippen LogP contribution < -0.4 is 5.73 Å². The lowest BCUT2D eigenvalue weighted by atomic mass is 9.71. The third kappa shape index (κ3) is 2.89. The van der Waals surface area contributed by atoms with E-state index in [4.69, 9.17) is 5.73 Å². The molecule has 0 aromatic heterocycles. The van der Waals surface area contributed by atoms with Crippen LogP contribution in [0, 0.1) is 11.7 Å². The molecule has 17 heavy (non-hydrogen) atoms. The van der Waals surface area contributed by atoms with Gasteiger partial charge in [-0.25, -0.2) is 4.39 Å². The Bertz CT molecular complexity index is 407. The molecule has 94 valence electrons. The maximum absolute atomic E-state index is 13.7. The summed E-state index contributed by atoms with van der Waals surface area (Å²) in [6, 6.07) is 5.09. The van der Waals surface area contributed by atoms with Crippen LogP contribution in [0.4, 0.5) is 4.39 Å². The topological polar surface area (TPSA) is 26.0 Å². The fraction of sp³-hybridized carbons (Fsp3) is 0.571. The van der Waals surface area contributed by atoms with Crippen LogP contribution in [0.2, 0.25) is 0 Å². The first-order chi connectivity index (χ1) is 8.01. The molecule has 2 rings (SSSR count). The second-order valence-electron chi connectivity index (χ2n) is 5.29. The lowest BCUT2D eigenvalue weighted by Crippen LogP contribution is -2.50. The van der Waals surface area contributed by atoms with Gasteiger partial charge in [0.2, 0.25) is 0 Å². The predicted molar refractivity (Wildman–Crippen MR) is 72.4 cm³/mol. The van der Waals surface area contributed by atoms with Crippen molar-refractivity contribution in [2.45, 2.75) is 44.6 Å². The maximum Gasteiger partial charge on any atom is 0.126 e. The SMILES string of the molecule is CC1CCCCC1(N)Cc1cc(Br)ccc1F. The molecule has 1 aliphatic carbocycles. The van der Waals surface area contributed by atoms with Crippen molar-refractivity contribution in [2.75, 3.05) is 0 Å². The van der Waals surface area contributed by atoms with E-state index in [2.05, 4.69) is 22.9 Å². The first-order valence-corrected chi connectivity index (χ1v) is 7.03. The van der Waals surface area contributed by atoms with Gasteiger partial charge in [0.05, 0.1) is 0 Å². The first-order valence-electron chi connectivity index (χ1n) is 6.24. The van der Waals surface area contributed by atoms with Gasteiger partial charge in [-0.15, -0.1) is 0 Å². The van der Waals surface area contributed by atoms with E-state index in [1.165, 1.54) is 12.5 Å². The highest BCUT2D eigenvalue weighted by atomic mass is 79.9. The molecule has 1 nitrogen and oxygen atoms in total. The highest BCUT2D eigenvalue weighted by Crippen LogP contribution is 2.35. The first kappa shape index (κ1) is 13.0. The number of hydrogen-bond acceptors (Lipinski definition) is 1. The Morgan fingerprint density at radius 2 is 2.24 bits per heavy atom. The molecule has 0 bridgehead atoms. The van der Waals surface area contributed by atoms with E-state index < -0.39 is 0 Å². The van der Waals surface area contributed by atoms with E-state index in [9.17, 15) is 4.39 Å². The smallest absolute Gasteiger partial charge is 0.126 e. The molecule has 0 radical (unpaired) electrons. The molecular weight excluding hydrogens is 281 g/mol. The maximum atomic E-state index is 13.7. The van der Waals surface area contributed by atoms with E-state index in [-0.39, 0.29) is 11.4 Å². The van der Waals surface area contributed by atoms with Crippen molar-refractivity contribution in [3.05, 3.63) is 34.1 Å². The zero-order valence-corrected chi connectivity index (χ0v) is 11.8. The summed E-state index contributed by atoms with van der Waals surface area (Å²) in [4.78, 5) is 0. The molecule has 1 saturated carbocycles. The summed E-state index contributed by atoms with van der Waals surface area (Å²) in [7, 11) is 0. The van der Waals surface area contributed by atoms with Crippen molar-refractivity contribution in [3.8, 4) is 0 Å². The highest BCUT2D eigenvalue weighted by Gasteiger charge is 2.34. The molecule has 0 saturated heterocycles. The van der Waals surface area contributed by atoms with Gasteiger partial charge in [-0.3, -0.25) is 0 Å². The van der Waals surface area contributed by atoms with Crippen molar-refractivity contribution in [1.29, 1.82) is 0 Å². The highest BCUT2D eigenvalue weighted by molar-refractivity contribution is 9.10. The summed E-state index contributed by atoms with van der Waals surface area (Å²) in [6.07, 6.45) is 5.21. The van der Waals surface area contributed by atoms with Crippen LogP contribution in [0.15, 0.2) is 22.7 Å². The molecule has 1 aromatic carbocycles. The summed E-state index contributed by atoms with van der Waals surface area (Å²) in [5.41, 5.74) is 6.97. The molecular formula is C14H19BrFN. The van der Waals surface area contributed by atoms with Gasteiger partial charge in [0.1, 0.15) is 5.82 Å². The minimum absolute atomic E-state index is 0.143. The summed E-state index contributed by atoms with van der Waals surface area (Å²) < 4.78 is 14.7. The van der Waals surface area contributed by atoms with Gasteiger partial charge >= 0.3 is 0 Å². The number of benzene rings is 1. The van der Waals surface area contributed by atoms with Gasteiger partial charge in [-0.1, -0.05) is 35.7 Å². The molecule has 1 aromatic rings. The van der Waals surface area contributed by atoms with E-state index in [0.717, 1.165) is 29.3 Å². The van der Waals surface area contributed by atoms with Gasteiger partial charge in [0.25, 0.3) is 0 Å². The van der Waals surface area contributed by atoms with Crippen LogP contribution in [-0.4, -0.2) is 5.54 Å². The normalized spacial score (nSPS) is 29.3. The van der Waals surface area contributed by atoms with E-state index in [0.29, 0.717) is 12.3 Å². The lowest BCUT2D eigenvalue weighted by Gasteiger charge is -2.39. The number of halogens is 2. The standard InChI is InChI=1S/C14H19BrFN/c1-10-4-2-3-7-14(10,17)9-11-8-12(15)5-6-13(11)16/h5-6,8,10H,2-4,7,9,17H2,1H3. The van der Waals surface area contributed by atoms with Gasteiger partial charge in [-0.2, -0.15) is 0 Å². The average Bonchev–Trinajstić information content (AvgIpc) is 2.28. The van der Waals surface area contributed by atoms with Gasteiger partial charge in [-0.05, 0) is 48.9 Å². The summed E-state index contributed by atoms with van der Waals surface area (Å²) in [6.45, 7) is 2.19. The largest absolute Gasteiger partial charge is 0.325 e. The Labute approximate surface area is 111 Å². The summed E-state index contributed by atoms with van der Waals surface area (Å²) >= 11 is 3.39. The second kappa shape index (κ2) is 5.07. The third-order valence-corrected chi connectivity index (χ3v) is 4.53. The summed E-state index contributed by atoms with van der Waals surface area (Å²) in [5.74, 6) is 0.324. The molecule has 0 aliphatic heterocycles. The quantitative estimate of drug-likeness (QED) is 0.876. The van der Waals surface area contributed by atoms with Crippen molar-refractivity contribution >= 4 is 15.9 Å². The Kier molecular flexibility index (Phi) is 3.88. The van der Waals surface area contributed by atoms with Gasteiger partial charge < -0.3 is 5.73 Å². The molecule has 0 spiro atoms. The van der Waals surface area contributed by atoms with E-state index in [1.807, 2.05) is 6.07 Å². The minimum Gasteiger partial charge on any atom is -0.325 e. The zero-order chi connectivity index (χ0) is 12.5. The van der Waals surface area contributed by atoms with Crippen LogP contribution in [0.25, 0.3) is 0 Å². The third-order valence-electron chi connectivity index (χ3n) is 4.04. The fourth-order valence-corrected chi connectivity index (χ4v) is 3.14. The Balaban J connectivity index is 2.21. The molecule has 3 heteroatoms. The molecule has 0 amide bonds. The number of hydrogen-bond donors (Lipinski definition) is 1. The van der Waals surface area contributed by atoms with Crippen LogP contribution in [0.3, 0.4) is 0 Å². The molecule has 2 unspecified atom stereocenters. The second-order valence-corrected chi connectivity index (χ2v) is 6.21. The molecule has 2 atom stereocenters. The number of rotatable bonds is 2. The van der Waals surface area contributed by atoms with Crippen LogP contribution >= 0.6 is 15.9 Å². The van der Waals surface area contributed by atoms with Crippen LogP contribution in [-0.2, 0) is 6.42 Å². The Morgan fingerprint density at radius 3 is 2.94 bits per heavy atom. The van der Waals surface area contributed by atoms with E-state index in [1.54, 1.807) is 6.07 Å². The van der Waals surface area contributed by atoms with Crippen molar-refractivity contribution < 1.29 is 4.39 Å². The Hall–Kier alpha value is -0.410. The monoisotopic (exact) mass is 299 g/mol. The van der Waals surface area contributed by atoms with Crippen LogP contribution in [0.1, 0.15) is 38.2 Å². The van der Waals surface area contributed by atoms with Gasteiger partial charge in [0.15, 0.2) is 0 Å². The minimum atomic E-state index is -0.236. The molecule has 2 N–H and O–H groups in total. The molecule has 1 fully saturated rings. The van der Waals surface area contributed by atoms with Crippen molar-refractivity contribution in [2.24, 2.45) is 11.7 Å². The predicted octanol–water partition coefficient (Wildman–Crippen LogP) is 4.04. The van der Waals surface area contributed by atoms with Crippen molar-refractivity contribution in [1.82, 2.24) is 0 Å². The van der Waals surface area contributed by atoms with Crippen molar-refractivity contribution in [3.63, 3.8) is 0 Å². The lowest BCUT2D eigenvalue weighted by molar-refractivity contribution is 0.202. The molecule has 0 heterocycles. The van der Waals surface area contributed by atoms with E-state index >= 15 is 0 Å².